The van der Waals surface area contributed by atoms with Crippen molar-refractivity contribution in [3.8, 4) is 22.8 Å². The van der Waals surface area contributed by atoms with Crippen LogP contribution in [0.5, 0.6) is 11.5 Å². The number of anilines is 2. The van der Waals surface area contributed by atoms with Gasteiger partial charge in [0, 0.05) is 56.6 Å². The molecular weight excluding hydrogens is 442 g/mol. The maximum atomic E-state index is 12.7. The minimum atomic E-state index is -0.00417. The predicted molar refractivity (Wildman–Crippen MR) is 138 cm³/mol. The number of benzene rings is 2. The van der Waals surface area contributed by atoms with Gasteiger partial charge in [-0.1, -0.05) is 18.2 Å². The van der Waals surface area contributed by atoms with Crippen molar-refractivity contribution >= 4 is 17.4 Å². The predicted octanol–water partition coefficient (Wildman–Crippen LogP) is 3.73. The van der Waals surface area contributed by atoms with E-state index in [1.807, 2.05) is 59.5 Å². The van der Waals surface area contributed by atoms with Gasteiger partial charge in [-0.05, 0) is 50.2 Å². The van der Waals surface area contributed by atoms with Crippen LogP contribution in [0.3, 0.4) is 0 Å². The number of rotatable bonds is 9. The first-order chi connectivity index (χ1) is 17.1. The molecule has 8 nitrogen and oxygen atoms in total. The molecule has 1 aliphatic heterocycles. The zero-order chi connectivity index (χ0) is 24.6. The van der Waals surface area contributed by atoms with E-state index in [0.717, 1.165) is 41.6 Å². The summed E-state index contributed by atoms with van der Waals surface area (Å²) in [5, 5.41) is 8.83. The monoisotopic (exact) mass is 475 g/mol. The van der Waals surface area contributed by atoms with Crippen LogP contribution in [0.2, 0.25) is 0 Å². The van der Waals surface area contributed by atoms with Gasteiger partial charge in [-0.15, -0.1) is 10.2 Å². The molecule has 0 aliphatic carbocycles. The van der Waals surface area contributed by atoms with Crippen LogP contribution in [0.4, 0.5) is 11.5 Å². The Hall–Kier alpha value is -3.81. The van der Waals surface area contributed by atoms with E-state index < -0.39 is 0 Å². The van der Waals surface area contributed by atoms with E-state index in [0.29, 0.717) is 31.9 Å². The van der Waals surface area contributed by atoms with E-state index in [1.54, 1.807) is 7.11 Å². The molecule has 35 heavy (non-hydrogen) atoms. The van der Waals surface area contributed by atoms with Crippen molar-refractivity contribution in [2.24, 2.45) is 0 Å². The van der Waals surface area contributed by atoms with Gasteiger partial charge in [0.05, 0.1) is 12.8 Å². The number of hydrogen-bond donors (Lipinski definition) is 0. The number of nitrogens with zero attached hydrogens (tertiary/aromatic N) is 5. The summed E-state index contributed by atoms with van der Waals surface area (Å²) in [6.07, 6.45) is 0. The lowest BCUT2D eigenvalue weighted by molar-refractivity contribution is -0.133. The summed E-state index contributed by atoms with van der Waals surface area (Å²) in [7, 11) is 1.65. The Labute approximate surface area is 207 Å². The minimum absolute atomic E-state index is 0.00417. The molecular formula is C27H33N5O3. The Bertz CT molecular complexity index is 1110. The van der Waals surface area contributed by atoms with E-state index in [-0.39, 0.29) is 12.5 Å². The standard InChI is InChI=1S/C27H33N5O3/c1-4-30(5-2)21-9-8-10-22(19-21)35-20-27(33)32-17-15-31(16-18-32)26-14-13-24(28-29-26)23-11-6-7-12-25(23)34-3/h6-14,19H,4-5,15-18,20H2,1-3H3. The van der Waals surface area contributed by atoms with Crippen molar-refractivity contribution in [2.75, 3.05) is 62.8 Å². The summed E-state index contributed by atoms with van der Waals surface area (Å²) in [5.74, 6) is 2.28. The van der Waals surface area contributed by atoms with E-state index in [9.17, 15) is 4.79 Å². The molecule has 0 atom stereocenters. The maximum absolute atomic E-state index is 12.7. The molecule has 0 saturated carbocycles. The third-order valence-corrected chi connectivity index (χ3v) is 6.30. The molecule has 0 radical (unpaired) electrons. The molecule has 0 bridgehead atoms. The zero-order valence-electron chi connectivity index (χ0n) is 20.7. The number of amides is 1. The SMILES string of the molecule is CCN(CC)c1cccc(OCC(=O)N2CCN(c3ccc(-c4ccccc4OC)nn3)CC2)c1. The summed E-state index contributed by atoms with van der Waals surface area (Å²) < 4.78 is 11.2. The Kier molecular flexibility index (Phi) is 8.03. The van der Waals surface area contributed by atoms with Gasteiger partial charge in [-0.2, -0.15) is 0 Å². The van der Waals surface area contributed by atoms with Gasteiger partial charge >= 0.3 is 0 Å². The third-order valence-electron chi connectivity index (χ3n) is 6.30. The van der Waals surface area contributed by atoms with Crippen LogP contribution in [0.15, 0.2) is 60.7 Å². The van der Waals surface area contributed by atoms with Crippen LogP contribution in [-0.4, -0.2) is 74.0 Å². The molecule has 0 unspecified atom stereocenters. The first-order valence-corrected chi connectivity index (χ1v) is 12.1. The number of piperazine rings is 1. The molecule has 1 saturated heterocycles. The van der Waals surface area contributed by atoms with E-state index in [2.05, 4.69) is 39.9 Å². The highest BCUT2D eigenvalue weighted by Gasteiger charge is 2.22. The summed E-state index contributed by atoms with van der Waals surface area (Å²) >= 11 is 0. The number of ether oxygens (including phenoxy) is 2. The zero-order valence-corrected chi connectivity index (χ0v) is 20.7. The number of carbonyl (C=O) groups is 1. The van der Waals surface area contributed by atoms with E-state index in [1.165, 1.54) is 0 Å². The summed E-state index contributed by atoms with van der Waals surface area (Å²) in [6.45, 7) is 8.79. The van der Waals surface area contributed by atoms with Gasteiger partial charge in [-0.3, -0.25) is 4.79 Å². The Morgan fingerprint density at radius 1 is 0.943 bits per heavy atom. The highest BCUT2D eigenvalue weighted by molar-refractivity contribution is 5.78. The van der Waals surface area contributed by atoms with Crippen LogP contribution in [0.1, 0.15) is 13.8 Å². The lowest BCUT2D eigenvalue weighted by Crippen LogP contribution is -2.50. The number of carbonyl (C=O) groups excluding carboxylic acids is 1. The van der Waals surface area contributed by atoms with Crippen molar-refractivity contribution in [1.82, 2.24) is 15.1 Å². The van der Waals surface area contributed by atoms with Crippen molar-refractivity contribution < 1.29 is 14.3 Å². The average Bonchev–Trinajstić information content (AvgIpc) is 2.93. The fourth-order valence-corrected chi connectivity index (χ4v) is 4.27. The van der Waals surface area contributed by atoms with Crippen LogP contribution < -0.4 is 19.3 Å². The van der Waals surface area contributed by atoms with E-state index in [4.69, 9.17) is 9.47 Å². The van der Waals surface area contributed by atoms with Gasteiger partial charge in [0.2, 0.25) is 0 Å². The normalized spacial score (nSPS) is 13.5. The maximum Gasteiger partial charge on any atom is 0.260 e. The van der Waals surface area contributed by atoms with Crippen molar-refractivity contribution in [1.29, 1.82) is 0 Å². The number of hydrogen-bond acceptors (Lipinski definition) is 7. The first kappa shape index (κ1) is 24.3. The van der Waals surface area contributed by atoms with Crippen molar-refractivity contribution in [2.45, 2.75) is 13.8 Å². The van der Waals surface area contributed by atoms with Crippen LogP contribution in [0.25, 0.3) is 11.3 Å². The van der Waals surface area contributed by atoms with Crippen LogP contribution >= 0.6 is 0 Å². The largest absolute Gasteiger partial charge is 0.496 e. The van der Waals surface area contributed by atoms with Crippen LogP contribution in [-0.2, 0) is 4.79 Å². The summed E-state index contributed by atoms with van der Waals surface area (Å²) in [6, 6.07) is 19.6. The lowest BCUT2D eigenvalue weighted by atomic mass is 10.1. The van der Waals surface area contributed by atoms with Gasteiger partial charge in [0.25, 0.3) is 5.91 Å². The molecule has 1 aromatic heterocycles. The molecule has 2 heterocycles. The molecule has 1 fully saturated rings. The summed E-state index contributed by atoms with van der Waals surface area (Å²) in [5.41, 5.74) is 2.78. The fourth-order valence-electron chi connectivity index (χ4n) is 4.27. The smallest absolute Gasteiger partial charge is 0.260 e. The van der Waals surface area contributed by atoms with Crippen molar-refractivity contribution in [3.05, 3.63) is 60.7 Å². The molecule has 2 aromatic carbocycles. The van der Waals surface area contributed by atoms with Gasteiger partial charge in [-0.25, -0.2) is 0 Å². The third kappa shape index (κ3) is 5.82. The number of aromatic nitrogens is 2. The average molecular weight is 476 g/mol. The highest BCUT2D eigenvalue weighted by atomic mass is 16.5. The molecule has 0 spiro atoms. The molecule has 0 N–H and O–H groups in total. The molecule has 8 heteroatoms. The molecule has 1 amide bonds. The van der Waals surface area contributed by atoms with Gasteiger partial charge in [0.1, 0.15) is 11.5 Å². The molecule has 1 aliphatic rings. The lowest BCUT2D eigenvalue weighted by Gasteiger charge is -2.35. The quantitative estimate of drug-likeness (QED) is 0.467. The van der Waals surface area contributed by atoms with E-state index >= 15 is 0 Å². The van der Waals surface area contributed by atoms with Gasteiger partial charge < -0.3 is 24.2 Å². The second-order valence-corrected chi connectivity index (χ2v) is 8.30. The minimum Gasteiger partial charge on any atom is -0.496 e. The topological polar surface area (TPSA) is 71.0 Å². The molecule has 4 rings (SSSR count). The van der Waals surface area contributed by atoms with Crippen LogP contribution in [0, 0.1) is 0 Å². The Morgan fingerprint density at radius 3 is 2.40 bits per heavy atom. The second-order valence-electron chi connectivity index (χ2n) is 8.30. The fraction of sp³-hybridized carbons (Fsp3) is 0.370. The second kappa shape index (κ2) is 11.6. The number of methoxy groups -OCH3 is 1. The van der Waals surface area contributed by atoms with Crippen molar-refractivity contribution in [3.63, 3.8) is 0 Å². The molecule has 184 valence electrons. The van der Waals surface area contributed by atoms with Gasteiger partial charge in [0.15, 0.2) is 12.4 Å². The highest BCUT2D eigenvalue weighted by Crippen LogP contribution is 2.28. The molecule has 3 aromatic rings. The Balaban J connectivity index is 1.29. The summed E-state index contributed by atoms with van der Waals surface area (Å²) in [4.78, 5) is 19.0. The Morgan fingerprint density at radius 2 is 1.71 bits per heavy atom. The first-order valence-electron chi connectivity index (χ1n) is 12.1. The number of para-hydroxylation sites is 1.